The highest BCUT2D eigenvalue weighted by Crippen LogP contribution is 2.30. The van der Waals surface area contributed by atoms with E-state index in [1.54, 1.807) is 0 Å². The molecule has 3 heteroatoms. The Morgan fingerprint density at radius 3 is 2.28 bits per heavy atom. The Morgan fingerprint density at radius 1 is 0.920 bits per heavy atom. The molecule has 128 valence electrons. The van der Waals surface area contributed by atoms with Crippen LogP contribution in [0, 0.1) is 13.8 Å². The number of hydrogen-bond donors (Lipinski definition) is 0. The second-order valence-electron chi connectivity index (χ2n) is 7.22. The summed E-state index contributed by atoms with van der Waals surface area (Å²) < 4.78 is 2.10. The minimum atomic E-state index is 0.138. The number of aromatic nitrogens is 1. The average molecular weight is 332 g/mol. The Bertz CT molecular complexity index is 993. The van der Waals surface area contributed by atoms with E-state index >= 15 is 0 Å². The summed E-state index contributed by atoms with van der Waals surface area (Å²) in [6.07, 6.45) is 4.38. The molecule has 0 saturated carbocycles. The maximum atomic E-state index is 13.4. The highest BCUT2D eigenvalue weighted by molar-refractivity contribution is 5.95. The number of benzene rings is 2. The molecule has 0 bridgehead atoms. The van der Waals surface area contributed by atoms with E-state index in [-0.39, 0.29) is 5.43 Å². The van der Waals surface area contributed by atoms with E-state index in [1.165, 1.54) is 24.0 Å². The number of pyridine rings is 1. The third kappa shape index (κ3) is 2.74. The quantitative estimate of drug-likeness (QED) is 0.694. The highest BCUT2D eigenvalue weighted by Gasteiger charge is 2.19. The lowest BCUT2D eigenvalue weighted by Gasteiger charge is -2.22. The lowest BCUT2D eigenvalue weighted by Crippen LogP contribution is -2.21. The number of nitrogens with zero attached hydrogens (tertiary/aromatic N) is 2. The molecule has 1 aliphatic heterocycles. The van der Waals surface area contributed by atoms with Crippen molar-refractivity contribution in [2.75, 3.05) is 18.0 Å². The summed E-state index contributed by atoms with van der Waals surface area (Å²) >= 11 is 0. The number of aryl methyl sites for hydroxylation is 3. The maximum absolute atomic E-state index is 13.4. The zero-order valence-electron chi connectivity index (χ0n) is 15.2. The predicted octanol–water partition coefficient (Wildman–Crippen LogP) is 4.42. The van der Waals surface area contributed by atoms with Crippen LogP contribution in [0.3, 0.4) is 0 Å². The molecular formula is C22H24N2O. The average Bonchev–Trinajstić information content (AvgIpc) is 3.13. The number of fused-ring (bicyclic) bond motifs is 1. The van der Waals surface area contributed by atoms with Gasteiger partial charge in [0.25, 0.3) is 0 Å². The highest BCUT2D eigenvalue weighted by atomic mass is 16.1. The molecule has 0 aliphatic carbocycles. The summed E-state index contributed by atoms with van der Waals surface area (Å²) in [5.74, 6) is 0. The summed E-state index contributed by atoms with van der Waals surface area (Å²) in [5, 5.41) is 0.855. The van der Waals surface area contributed by atoms with Gasteiger partial charge in [0, 0.05) is 31.9 Å². The van der Waals surface area contributed by atoms with Gasteiger partial charge in [0.2, 0.25) is 0 Å². The molecule has 0 atom stereocenters. The van der Waals surface area contributed by atoms with Crippen molar-refractivity contribution in [3.63, 3.8) is 0 Å². The molecule has 2 aromatic carbocycles. The van der Waals surface area contributed by atoms with Crippen molar-refractivity contribution in [2.24, 2.45) is 7.05 Å². The molecule has 0 N–H and O–H groups in total. The zero-order valence-corrected chi connectivity index (χ0v) is 15.2. The minimum Gasteiger partial charge on any atom is -0.371 e. The monoisotopic (exact) mass is 332 g/mol. The molecule has 1 saturated heterocycles. The molecule has 0 spiro atoms. The first-order chi connectivity index (χ1) is 12.0. The maximum Gasteiger partial charge on any atom is 0.199 e. The van der Waals surface area contributed by atoms with Gasteiger partial charge in [-0.1, -0.05) is 29.8 Å². The summed E-state index contributed by atoms with van der Waals surface area (Å²) in [6, 6.07) is 12.5. The molecule has 4 rings (SSSR count). The van der Waals surface area contributed by atoms with Crippen LogP contribution in [0.1, 0.15) is 24.0 Å². The van der Waals surface area contributed by atoms with Gasteiger partial charge in [-0.05, 0) is 49.9 Å². The first-order valence-corrected chi connectivity index (χ1v) is 9.00. The van der Waals surface area contributed by atoms with Crippen molar-refractivity contribution in [3.8, 4) is 11.1 Å². The van der Waals surface area contributed by atoms with Crippen LogP contribution in [0.2, 0.25) is 0 Å². The van der Waals surface area contributed by atoms with Gasteiger partial charge in [0.15, 0.2) is 5.43 Å². The van der Waals surface area contributed by atoms with Crippen molar-refractivity contribution in [1.82, 2.24) is 4.57 Å². The zero-order chi connectivity index (χ0) is 17.6. The third-order valence-corrected chi connectivity index (χ3v) is 5.22. The molecule has 3 aromatic rings. The van der Waals surface area contributed by atoms with Gasteiger partial charge >= 0.3 is 0 Å². The Hall–Kier alpha value is -2.55. The molecule has 1 fully saturated rings. The van der Waals surface area contributed by atoms with E-state index in [1.807, 2.05) is 25.4 Å². The molecule has 3 nitrogen and oxygen atoms in total. The third-order valence-electron chi connectivity index (χ3n) is 5.22. The lowest BCUT2D eigenvalue weighted by atomic mass is 10.0. The number of rotatable bonds is 2. The van der Waals surface area contributed by atoms with Crippen molar-refractivity contribution in [1.29, 1.82) is 0 Å². The standard InChI is InChI=1S/C22H24N2O/c1-15-6-8-17(9-7-15)18-14-23(3)19-12-16(2)13-20(21(19)22(18)25)24-10-4-5-11-24/h6-9,12-14H,4-5,10-11H2,1-3H3. The van der Waals surface area contributed by atoms with E-state index in [0.717, 1.165) is 40.8 Å². The van der Waals surface area contributed by atoms with E-state index < -0.39 is 0 Å². The van der Waals surface area contributed by atoms with Crippen LogP contribution in [0.25, 0.3) is 22.0 Å². The van der Waals surface area contributed by atoms with Gasteiger partial charge in [-0.15, -0.1) is 0 Å². The van der Waals surface area contributed by atoms with Gasteiger partial charge in [-0.2, -0.15) is 0 Å². The topological polar surface area (TPSA) is 25.2 Å². The number of anilines is 1. The molecule has 1 aliphatic rings. The van der Waals surface area contributed by atoms with Crippen LogP contribution in [0.5, 0.6) is 0 Å². The second-order valence-corrected chi connectivity index (χ2v) is 7.22. The molecule has 0 unspecified atom stereocenters. The first kappa shape index (κ1) is 15.9. The fraction of sp³-hybridized carbons (Fsp3) is 0.318. The Kier molecular flexibility index (Phi) is 3.87. The van der Waals surface area contributed by atoms with E-state index in [4.69, 9.17) is 0 Å². The smallest absolute Gasteiger partial charge is 0.199 e. The number of hydrogen-bond acceptors (Lipinski definition) is 2. The van der Waals surface area contributed by atoms with Crippen molar-refractivity contribution < 1.29 is 0 Å². The molecular weight excluding hydrogens is 308 g/mol. The van der Waals surface area contributed by atoms with Gasteiger partial charge in [0.1, 0.15) is 0 Å². The van der Waals surface area contributed by atoms with E-state index in [2.05, 4.69) is 47.6 Å². The Labute approximate surface area is 148 Å². The van der Waals surface area contributed by atoms with Gasteiger partial charge in [-0.25, -0.2) is 0 Å². The lowest BCUT2D eigenvalue weighted by molar-refractivity contribution is 0.942. The summed E-state index contributed by atoms with van der Waals surface area (Å²) in [5.41, 5.74) is 6.42. The minimum absolute atomic E-state index is 0.138. The molecule has 1 aromatic heterocycles. The predicted molar refractivity (Wildman–Crippen MR) is 106 cm³/mol. The van der Waals surface area contributed by atoms with Crippen molar-refractivity contribution >= 4 is 16.6 Å². The summed E-state index contributed by atoms with van der Waals surface area (Å²) in [7, 11) is 2.03. The van der Waals surface area contributed by atoms with Crippen LogP contribution < -0.4 is 10.3 Å². The van der Waals surface area contributed by atoms with Crippen LogP contribution in [0.15, 0.2) is 47.4 Å². The summed E-state index contributed by atoms with van der Waals surface area (Å²) in [6.45, 7) is 6.25. The Balaban J connectivity index is 2.03. The fourth-order valence-corrected chi connectivity index (χ4v) is 3.86. The van der Waals surface area contributed by atoms with Gasteiger partial charge < -0.3 is 9.47 Å². The van der Waals surface area contributed by atoms with E-state index in [9.17, 15) is 4.79 Å². The SMILES string of the molecule is Cc1ccc(-c2cn(C)c3cc(C)cc(N4CCCC4)c3c2=O)cc1. The molecule has 25 heavy (non-hydrogen) atoms. The van der Waals surface area contributed by atoms with Crippen LogP contribution in [-0.2, 0) is 7.05 Å². The Morgan fingerprint density at radius 2 is 1.60 bits per heavy atom. The van der Waals surface area contributed by atoms with Crippen LogP contribution >= 0.6 is 0 Å². The molecule has 2 heterocycles. The van der Waals surface area contributed by atoms with E-state index in [0.29, 0.717) is 0 Å². The molecule has 0 amide bonds. The fourth-order valence-electron chi connectivity index (χ4n) is 3.86. The first-order valence-electron chi connectivity index (χ1n) is 9.00. The van der Waals surface area contributed by atoms with Gasteiger partial charge in [0.05, 0.1) is 16.6 Å². The summed E-state index contributed by atoms with van der Waals surface area (Å²) in [4.78, 5) is 15.8. The van der Waals surface area contributed by atoms with Crippen molar-refractivity contribution in [2.45, 2.75) is 26.7 Å². The second kappa shape index (κ2) is 6.07. The van der Waals surface area contributed by atoms with Crippen molar-refractivity contribution in [3.05, 3.63) is 63.9 Å². The largest absolute Gasteiger partial charge is 0.371 e. The van der Waals surface area contributed by atoms with Gasteiger partial charge in [-0.3, -0.25) is 4.79 Å². The normalized spacial score (nSPS) is 14.4. The molecule has 0 radical (unpaired) electrons. The van der Waals surface area contributed by atoms with Crippen LogP contribution in [0.4, 0.5) is 5.69 Å². The van der Waals surface area contributed by atoms with Crippen LogP contribution in [-0.4, -0.2) is 17.7 Å².